The lowest BCUT2D eigenvalue weighted by atomic mass is 10.3. The molecule has 0 amide bonds. The fourth-order valence-corrected chi connectivity index (χ4v) is 2.00. The molecule has 1 aromatic carbocycles. The zero-order valence-electron chi connectivity index (χ0n) is 10.7. The van der Waals surface area contributed by atoms with Crippen molar-refractivity contribution in [3.8, 4) is 0 Å². The first-order valence-electron chi connectivity index (χ1n) is 5.83. The number of hydrogen-bond donors (Lipinski definition) is 2. The Morgan fingerprint density at radius 1 is 1.20 bits per heavy atom. The minimum atomic E-state index is 0.353. The van der Waals surface area contributed by atoms with Crippen molar-refractivity contribution in [3.05, 3.63) is 34.4 Å². The highest BCUT2D eigenvalue weighted by atomic mass is 35.5. The Morgan fingerprint density at radius 2 is 1.95 bits per heavy atom. The van der Waals surface area contributed by atoms with E-state index in [0.29, 0.717) is 40.7 Å². The van der Waals surface area contributed by atoms with Gasteiger partial charge in [-0.1, -0.05) is 23.2 Å². The molecule has 0 aliphatic carbocycles. The summed E-state index contributed by atoms with van der Waals surface area (Å²) in [7, 11) is 1.63. The van der Waals surface area contributed by atoms with Crippen LogP contribution in [0.15, 0.2) is 24.4 Å². The van der Waals surface area contributed by atoms with Crippen molar-refractivity contribution in [2.75, 3.05) is 30.9 Å². The third-order valence-corrected chi connectivity index (χ3v) is 2.73. The van der Waals surface area contributed by atoms with E-state index < -0.39 is 0 Å². The number of aromatic nitrogens is 3. The van der Waals surface area contributed by atoms with Gasteiger partial charge in [-0.25, -0.2) is 0 Å². The van der Waals surface area contributed by atoms with Gasteiger partial charge in [-0.05, 0) is 18.2 Å². The molecule has 8 heteroatoms. The molecule has 106 valence electrons. The molecule has 20 heavy (non-hydrogen) atoms. The molecule has 0 radical (unpaired) electrons. The molecule has 0 saturated carbocycles. The number of anilines is 3. The van der Waals surface area contributed by atoms with Crippen LogP contribution in [0.5, 0.6) is 0 Å². The van der Waals surface area contributed by atoms with Crippen LogP contribution >= 0.6 is 23.2 Å². The largest absolute Gasteiger partial charge is 0.383 e. The predicted octanol–water partition coefficient (Wildman–Crippen LogP) is 2.98. The second-order valence-electron chi connectivity index (χ2n) is 3.87. The molecular formula is C12H13Cl2N5O. The van der Waals surface area contributed by atoms with E-state index in [-0.39, 0.29) is 0 Å². The Morgan fingerprint density at radius 3 is 2.65 bits per heavy atom. The lowest BCUT2D eigenvalue weighted by Crippen LogP contribution is -2.10. The summed E-state index contributed by atoms with van der Waals surface area (Å²) < 4.78 is 4.94. The number of nitrogens with zero attached hydrogens (tertiary/aromatic N) is 3. The lowest BCUT2D eigenvalue weighted by Gasteiger charge is -2.08. The summed E-state index contributed by atoms with van der Waals surface area (Å²) in [5, 5.41) is 14.9. The highest BCUT2D eigenvalue weighted by Crippen LogP contribution is 2.24. The second kappa shape index (κ2) is 7.23. The highest BCUT2D eigenvalue weighted by Gasteiger charge is 2.03. The molecule has 0 aliphatic rings. The van der Waals surface area contributed by atoms with E-state index in [4.69, 9.17) is 27.9 Å². The molecule has 1 heterocycles. The van der Waals surface area contributed by atoms with Gasteiger partial charge >= 0.3 is 0 Å². The average molecular weight is 314 g/mol. The van der Waals surface area contributed by atoms with Crippen LogP contribution in [0.2, 0.25) is 10.0 Å². The topological polar surface area (TPSA) is 72.0 Å². The molecule has 0 saturated heterocycles. The molecule has 2 aromatic rings. The summed E-state index contributed by atoms with van der Waals surface area (Å²) in [5.74, 6) is 0.957. The zero-order chi connectivity index (χ0) is 14.4. The summed E-state index contributed by atoms with van der Waals surface area (Å²) in [4.78, 5) is 4.26. The molecule has 2 rings (SSSR count). The zero-order valence-corrected chi connectivity index (χ0v) is 12.2. The Bertz CT molecular complexity index is 561. The maximum absolute atomic E-state index is 5.92. The Kier molecular flexibility index (Phi) is 5.34. The van der Waals surface area contributed by atoms with Crippen LogP contribution in [0.4, 0.5) is 17.5 Å². The molecule has 2 N–H and O–H groups in total. The Hall–Kier alpha value is -1.63. The van der Waals surface area contributed by atoms with Gasteiger partial charge in [-0.2, -0.15) is 10.1 Å². The second-order valence-corrected chi connectivity index (χ2v) is 4.74. The molecule has 0 atom stereocenters. The van der Waals surface area contributed by atoms with E-state index in [9.17, 15) is 0 Å². The van der Waals surface area contributed by atoms with Gasteiger partial charge in [0.05, 0.1) is 12.8 Å². The van der Waals surface area contributed by atoms with Crippen LogP contribution in [0, 0.1) is 0 Å². The number of nitrogens with one attached hydrogen (secondary N) is 2. The van der Waals surface area contributed by atoms with Crippen LogP contribution in [0.1, 0.15) is 0 Å². The van der Waals surface area contributed by atoms with Gasteiger partial charge in [0.2, 0.25) is 5.95 Å². The molecule has 0 aliphatic heterocycles. The summed E-state index contributed by atoms with van der Waals surface area (Å²) >= 11 is 11.8. The van der Waals surface area contributed by atoms with Gasteiger partial charge in [0, 0.05) is 29.4 Å². The average Bonchev–Trinajstić information content (AvgIpc) is 2.38. The number of hydrogen-bond acceptors (Lipinski definition) is 6. The van der Waals surface area contributed by atoms with Crippen molar-refractivity contribution in [3.63, 3.8) is 0 Å². The van der Waals surface area contributed by atoms with E-state index in [0.717, 1.165) is 0 Å². The van der Waals surface area contributed by atoms with Crippen molar-refractivity contribution < 1.29 is 4.74 Å². The Labute approximate surface area is 126 Å². The first-order valence-corrected chi connectivity index (χ1v) is 6.58. The smallest absolute Gasteiger partial charge is 0.249 e. The molecule has 1 aromatic heterocycles. The van der Waals surface area contributed by atoms with E-state index in [1.54, 1.807) is 25.3 Å². The Balaban J connectivity index is 2.07. The minimum absolute atomic E-state index is 0.353. The van der Waals surface area contributed by atoms with Crippen LogP contribution in [0.25, 0.3) is 0 Å². The maximum atomic E-state index is 5.92. The van der Waals surface area contributed by atoms with Crippen LogP contribution in [0.3, 0.4) is 0 Å². The summed E-state index contributed by atoms with van der Waals surface area (Å²) in [6, 6.07) is 5.10. The third kappa shape index (κ3) is 4.48. The van der Waals surface area contributed by atoms with Crippen LogP contribution in [-0.2, 0) is 4.74 Å². The standard InChI is InChI=1S/C12H13Cl2N5O/c1-20-3-2-15-11-7-16-19-12(18-11)17-10-5-8(13)4-9(14)6-10/h4-7H,2-3H2,1H3,(H2,15,17,18,19). The SMILES string of the molecule is COCCNc1cnnc(Nc2cc(Cl)cc(Cl)c2)n1. The van der Waals surface area contributed by atoms with Crippen molar-refractivity contribution >= 4 is 40.7 Å². The normalized spacial score (nSPS) is 10.3. The van der Waals surface area contributed by atoms with Crippen molar-refractivity contribution in [2.24, 2.45) is 0 Å². The summed E-state index contributed by atoms with van der Waals surface area (Å²) in [5.41, 5.74) is 0.693. The van der Waals surface area contributed by atoms with E-state index in [1.165, 1.54) is 6.20 Å². The van der Waals surface area contributed by atoms with Gasteiger partial charge in [-0.15, -0.1) is 5.10 Å². The maximum Gasteiger partial charge on any atom is 0.249 e. The lowest BCUT2D eigenvalue weighted by molar-refractivity contribution is 0.210. The number of methoxy groups -OCH3 is 1. The predicted molar refractivity (Wildman–Crippen MR) is 79.9 cm³/mol. The summed E-state index contributed by atoms with van der Waals surface area (Å²) in [6.07, 6.45) is 1.53. The van der Waals surface area contributed by atoms with E-state index in [1.807, 2.05) is 0 Å². The van der Waals surface area contributed by atoms with Crippen LogP contribution < -0.4 is 10.6 Å². The van der Waals surface area contributed by atoms with Gasteiger partial charge in [0.25, 0.3) is 0 Å². The molecular weight excluding hydrogens is 301 g/mol. The third-order valence-electron chi connectivity index (χ3n) is 2.29. The number of ether oxygens (including phenoxy) is 1. The summed E-state index contributed by atoms with van der Waals surface area (Å²) in [6.45, 7) is 1.22. The fourth-order valence-electron chi connectivity index (χ4n) is 1.48. The molecule has 0 spiro atoms. The van der Waals surface area contributed by atoms with E-state index >= 15 is 0 Å². The molecule has 0 bridgehead atoms. The fraction of sp³-hybridized carbons (Fsp3) is 0.250. The number of halogens is 2. The quantitative estimate of drug-likeness (QED) is 0.799. The number of rotatable bonds is 6. The first kappa shape index (κ1) is 14.8. The van der Waals surface area contributed by atoms with Crippen LogP contribution in [-0.4, -0.2) is 35.4 Å². The minimum Gasteiger partial charge on any atom is -0.383 e. The molecule has 0 fully saturated rings. The van der Waals surface area contributed by atoms with Crippen molar-refractivity contribution in [1.29, 1.82) is 0 Å². The van der Waals surface area contributed by atoms with E-state index in [2.05, 4.69) is 25.8 Å². The van der Waals surface area contributed by atoms with Gasteiger partial charge in [-0.3, -0.25) is 0 Å². The highest BCUT2D eigenvalue weighted by molar-refractivity contribution is 6.35. The molecule has 6 nitrogen and oxygen atoms in total. The monoisotopic (exact) mass is 313 g/mol. The first-order chi connectivity index (χ1) is 9.67. The van der Waals surface area contributed by atoms with Gasteiger partial charge < -0.3 is 15.4 Å². The van der Waals surface area contributed by atoms with Crippen molar-refractivity contribution in [1.82, 2.24) is 15.2 Å². The molecule has 0 unspecified atom stereocenters. The number of benzene rings is 1. The van der Waals surface area contributed by atoms with Gasteiger partial charge in [0.15, 0.2) is 5.82 Å². The van der Waals surface area contributed by atoms with Gasteiger partial charge in [0.1, 0.15) is 0 Å². The van der Waals surface area contributed by atoms with Crippen molar-refractivity contribution in [2.45, 2.75) is 0 Å².